The first-order valence-corrected chi connectivity index (χ1v) is 6.45. The van der Waals surface area contributed by atoms with Crippen molar-refractivity contribution < 1.29 is 34.4 Å². The highest BCUT2D eigenvalue weighted by molar-refractivity contribution is 6.31. The van der Waals surface area contributed by atoms with Crippen molar-refractivity contribution in [2.24, 2.45) is 0 Å². The number of rotatable bonds is 2. The van der Waals surface area contributed by atoms with Crippen molar-refractivity contribution in [1.82, 2.24) is 0 Å². The predicted molar refractivity (Wildman–Crippen MR) is 76.7 cm³/mol. The number of hydrogen-bond donors (Lipinski definition) is 3. The van der Waals surface area contributed by atoms with Crippen molar-refractivity contribution in [1.29, 1.82) is 0 Å². The zero-order valence-corrected chi connectivity index (χ0v) is 11.8. The lowest BCUT2D eigenvalue weighted by Crippen LogP contribution is -2.22. The molecule has 2 aromatic carbocycles. The zero-order chi connectivity index (χ0) is 16.9. The normalized spacial score (nSPS) is 12.6. The van der Waals surface area contributed by atoms with E-state index in [9.17, 15) is 29.7 Å². The second-order valence-corrected chi connectivity index (χ2v) is 4.90. The van der Waals surface area contributed by atoms with E-state index in [1.807, 2.05) is 0 Å². The van der Waals surface area contributed by atoms with Crippen LogP contribution < -0.4 is 4.74 Å². The standard InChI is InChI=1S/C16H10O7/c1-23-10-3-2-6-11(16(10)22)14(20)7-4-9(18)8(5-17)15(21)12(7)13(6)19/h2-5,18,21-22H,1H3. The van der Waals surface area contributed by atoms with E-state index < -0.39 is 34.4 Å². The molecule has 7 nitrogen and oxygen atoms in total. The van der Waals surface area contributed by atoms with Crippen LogP contribution in [0, 0.1) is 0 Å². The van der Waals surface area contributed by atoms with Crippen LogP contribution in [0.25, 0.3) is 0 Å². The molecule has 1 aliphatic rings. The van der Waals surface area contributed by atoms with Crippen molar-refractivity contribution in [3.8, 4) is 23.0 Å². The molecule has 0 aromatic heterocycles. The van der Waals surface area contributed by atoms with Crippen molar-refractivity contribution in [3.05, 3.63) is 46.0 Å². The van der Waals surface area contributed by atoms with Crippen LogP contribution in [-0.4, -0.2) is 40.3 Å². The zero-order valence-electron chi connectivity index (χ0n) is 11.8. The first-order valence-electron chi connectivity index (χ1n) is 6.45. The largest absolute Gasteiger partial charge is 0.507 e. The summed E-state index contributed by atoms with van der Waals surface area (Å²) in [5.41, 5.74) is -1.57. The summed E-state index contributed by atoms with van der Waals surface area (Å²) in [4.78, 5) is 36.0. The first kappa shape index (κ1) is 14.6. The van der Waals surface area contributed by atoms with Crippen molar-refractivity contribution in [2.45, 2.75) is 0 Å². The second kappa shape index (κ2) is 4.84. The monoisotopic (exact) mass is 314 g/mol. The van der Waals surface area contributed by atoms with E-state index in [-0.39, 0.29) is 34.3 Å². The van der Waals surface area contributed by atoms with E-state index in [4.69, 9.17) is 4.74 Å². The molecule has 0 aliphatic heterocycles. The van der Waals surface area contributed by atoms with Crippen LogP contribution in [0.2, 0.25) is 0 Å². The maximum atomic E-state index is 12.6. The number of carbonyl (C=O) groups excluding carboxylic acids is 3. The SMILES string of the molecule is COc1ccc2c(c1O)C(=O)c1cc(O)c(C=O)c(O)c1C2=O. The van der Waals surface area contributed by atoms with Gasteiger partial charge in [-0.15, -0.1) is 0 Å². The molecule has 2 aromatic rings. The molecule has 0 radical (unpaired) electrons. The molecule has 1 aliphatic carbocycles. The number of benzene rings is 2. The topological polar surface area (TPSA) is 121 Å². The van der Waals surface area contributed by atoms with Gasteiger partial charge in [0.2, 0.25) is 0 Å². The third-order valence-electron chi connectivity index (χ3n) is 3.74. The summed E-state index contributed by atoms with van der Waals surface area (Å²) in [6, 6.07) is 3.51. The molecule has 0 fully saturated rings. The highest BCUT2D eigenvalue weighted by Crippen LogP contribution is 2.43. The number of methoxy groups -OCH3 is 1. The molecule has 7 heteroatoms. The summed E-state index contributed by atoms with van der Waals surface area (Å²) in [7, 11) is 1.29. The van der Waals surface area contributed by atoms with Gasteiger partial charge in [-0.05, 0) is 18.2 Å². The molecule has 0 spiro atoms. The van der Waals surface area contributed by atoms with Gasteiger partial charge in [0.1, 0.15) is 11.5 Å². The fourth-order valence-corrected chi connectivity index (χ4v) is 2.62. The van der Waals surface area contributed by atoms with Gasteiger partial charge in [-0.3, -0.25) is 14.4 Å². The molecule has 0 unspecified atom stereocenters. The van der Waals surface area contributed by atoms with Gasteiger partial charge in [0.15, 0.2) is 29.4 Å². The van der Waals surface area contributed by atoms with Gasteiger partial charge in [0.25, 0.3) is 0 Å². The van der Waals surface area contributed by atoms with Crippen LogP contribution in [-0.2, 0) is 0 Å². The average Bonchev–Trinajstić information content (AvgIpc) is 2.52. The number of hydrogen-bond acceptors (Lipinski definition) is 7. The summed E-state index contributed by atoms with van der Waals surface area (Å²) in [6.45, 7) is 0. The van der Waals surface area contributed by atoms with Gasteiger partial charge in [-0.2, -0.15) is 0 Å². The van der Waals surface area contributed by atoms with E-state index in [0.29, 0.717) is 0 Å². The Kier molecular flexibility index (Phi) is 3.07. The lowest BCUT2D eigenvalue weighted by atomic mass is 9.82. The Balaban J connectivity index is 2.38. The number of fused-ring (bicyclic) bond motifs is 2. The quantitative estimate of drug-likeness (QED) is 0.611. The van der Waals surface area contributed by atoms with E-state index in [2.05, 4.69) is 0 Å². The molecule has 0 heterocycles. The Bertz CT molecular complexity index is 896. The number of carbonyl (C=O) groups is 3. The van der Waals surface area contributed by atoms with Crippen molar-refractivity contribution >= 4 is 17.9 Å². The summed E-state index contributed by atoms with van der Waals surface area (Å²) in [5.74, 6) is -3.42. The molecule has 116 valence electrons. The number of aldehydes is 1. The molecule has 23 heavy (non-hydrogen) atoms. The van der Waals surface area contributed by atoms with Crippen molar-refractivity contribution in [3.63, 3.8) is 0 Å². The van der Waals surface area contributed by atoms with Crippen LogP contribution in [0.4, 0.5) is 0 Å². The van der Waals surface area contributed by atoms with Crippen LogP contribution in [0.3, 0.4) is 0 Å². The van der Waals surface area contributed by atoms with Crippen molar-refractivity contribution in [2.75, 3.05) is 7.11 Å². The van der Waals surface area contributed by atoms with Crippen LogP contribution in [0.1, 0.15) is 42.2 Å². The summed E-state index contributed by atoms with van der Waals surface area (Å²) < 4.78 is 4.91. The Morgan fingerprint density at radius 2 is 1.57 bits per heavy atom. The fraction of sp³-hybridized carbons (Fsp3) is 0.0625. The van der Waals surface area contributed by atoms with E-state index in [1.165, 1.54) is 19.2 Å². The van der Waals surface area contributed by atoms with Gasteiger partial charge in [0, 0.05) is 11.1 Å². The van der Waals surface area contributed by atoms with Gasteiger partial charge >= 0.3 is 0 Å². The van der Waals surface area contributed by atoms with Crippen LogP contribution >= 0.6 is 0 Å². The average molecular weight is 314 g/mol. The second-order valence-electron chi connectivity index (χ2n) is 4.90. The maximum absolute atomic E-state index is 12.6. The number of phenolic OH excluding ortho intramolecular Hbond substituents is 3. The molecule has 0 saturated heterocycles. The van der Waals surface area contributed by atoms with Gasteiger partial charge in [-0.1, -0.05) is 0 Å². The minimum atomic E-state index is -0.769. The molecular formula is C16H10O7. The third-order valence-corrected chi connectivity index (χ3v) is 3.74. The van der Waals surface area contributed by atoms with Crippen LogP contribution in [0.15, 0.2) is 18.2 Å². The number of phenols is 3. The number of aromatic hydroxyl groups is 3. The highest BCUT2D eigenvalue weighted by Gasteiger charge is 2.37. The third kappa shape index (κ3) is 1.80. The Morgan fingerprint density at radius 3 is 2.17 bits per heavy atom. The van der Waals surface area contributed by atoms with E-state index in [1.54, 1.807) is 0 Å². The van der Waals surface area contributed by atoms with Gasteiger partial charge < -0.3 is 20.1 Å². The Labute approximate surface area is 129 Å². The predicted octanol–water partition coefficient (Wildman–Crippen LogP) is 1.40. The lowest BCUT2D eigenvalue weighted by molar-refractivity contribution is 0.0972. The smallest absolute Gasteiger partial charge is 0.198 e. The van der Waals surface area contributed by atoms with Gasteiger partial charge in [0.05, 0.1) is 23.8 Å². The number of ketones is 2. The molecule has 3 N–H and O–H groups in total. The minimum Gasteiger partial charge on any atom is -0.507 e. The maximum Gasteiger partial charge on any atom is 0.198 e. The Hall–Kier alpha value is -3.35. The fourth-order valence-electron chi connectivity index (χ4n) is 2.62. The molecule has 3 rings (SSSR count). The lowest BCUT2D eigenvalue weighted by Gasteiger charge is -2.21. The van der Waals surface area contributed by atoms with E-state index in [0.717, 1.165) is 6.07 Å². The Morgan fingerprint density at radius 1 is 0.957 bits per heavy atom. The number of ether oxygens (including phenoxy) is 1. The molecule has 0 amide bonds. The molecule has 0 bridgehead atoms. The summed E-state index contributed by atoms with van der Waals surface area (Å²) in [5, 5.41) is 29.9. The molecule has 0 saturated carbocycles. The van der Waals surface area contributed by atoms with E-state index >= 15 is 0 Å². The highest BCUT2D eigenvalue weighted by atomic mass is 16.5. The van der Waals surface area contributed by atoms with Crippen LogP contribution in [0.5, 0.6) is 23.0 Å². The minimum absolute atomic E-state index is 0.00584. The molecular weight excluding hydrogens is 304 g/mol. The van der Waals surface area contributed by atoms with Gasteiger partial charge in [-0.25, -0.2) is 0 Å². The first-order chi connectivity index (χ1) is 10.9. The molecule has 0 atom stereocenters. The summed E-state index contributed by atoms with van der Waals surface area (Å²) in [6.07, 6.45) is 0.184. The summed E-state index contributed by atoms with van der Waals surface area (Å²) >= 11 is 0.